The molecule has 2 heterocycles. The number of hydrogen-bond acceptors (Lipinski definition) is 5. The summed E-state index contributed by atoms with van der Waals surface area (Å²) in [7, 11) is 1.20. The van der Waals surface area contributed by atoms with Crippen LogP contribution in [0, 0.1) is 0 Å². The van der Waals surface area contributed by atoms with Crippen LogP contribution in [0.4, 0.5) is 24.7 Å². The number of carbonyl (C=O) groups excluding carboxylic acids is 2. The van der Waals surface area contributed by atoms with E-state index in [-0.39, 0.29) is 22.5 Å². The number of aromatic nitrogens is 3. The van der Waals surface area contributed by atoms with E-state index in [9.17, 15) is 22.8 Å². The minimum Gasteiger partial charge on any atom is -0.359 e. The lowest BCUT2D eigenvalue weighted by molar-refractivity contribution is -0.141. The van der Waals surface area contributed by atoms with Gasteiger partial charge in [-0.25, -0.2) is 0 Å². The van der Waals surface area contributed by atoms with E-state index in [1.807, 2.05) is 20.8 Å². The predicted molar refractivity (Wildman–Crippen MR) is 111 cm³/mol. The van der Waals surface area contributed by atoms with Crippen molar-refractivity contribution in [2.45, 2.75) is 32.4 Å². The molecule has 0 saturated heterocycles. The van der Waals surface area contributed by atoms with Gasteiger partial charge in [0.2, 0.25) is 0 Å². The van der Waals surface area contributed by atoms with Crippen LogP contribution in [0.25, 0.3) is 0 Å². The van der Waals surface area contributed by atoms with E-state index in [4.69, 9.17) is 16.1 Å². The lowest BCUT2D eigenvalue weighted by Gasteiger charge is -2.12. The summed E-state index contributed by atoms with van der Waals surface area (Å²) in [6.45, 7) is 5.80. The number of halogens is 4. The highest BCUT2D eigenvalue weighted by Gasteiger charge is 2.41. The van der Waals surface area contributed by atoms with Gasteiger partial charge in [0, 0.05) is 29.8 Å². The second-order valence-corrected chi connectivity index (χ2v) is 8.31. The van der Waals surface area contributed by atoms with Crippen molar-refractivity contribution < 1.29 is 27.3 Å². The number of anilines is 2. The molecule has 0 aliphatic rings. The van der Waals surface area contributed by atoms with Crippen molar-refractivity contribution >= 4 is 34.9 Å². The molecular weight excluding hydrogens is 451 g/mol. The third kappa shape index (κ3) is 4.93. The van der Waals surface area contributed by atoms with E-state index in [1.165, 1.54) is 31.3 Å². The molecule has 170 valence electrons. The zero-order valence-corrected chi connectivity index (χ0v) is 18.2. The quantitative estimate of drug-likeness (QED) is 0.567. The minimum absolute atomic E-state index is 0.163. The van der Waals surface area contributed by atoms with Gasteiger partial charge in [-0.1, -0.05) is 37.5 Å². The summed E-state index contributed by atoms with van der Waals surface area (Å²) in [6, 6.07) is 7.14. The number of carbonyl (C=O) groups is 2. The van der Waals surface area contributed by atoms with Crippen LogP contribution < -0.4 is 10.6 Å². The zero-order chi connectivity index (χ0) is 23.8. The molecule has 32 heavy (non-hydrogen) atoms. The van der Waals surface area contributed by atoms with Crippen LogP contribution in [0.15, 0.2) is 34.9 Å². The standard InChI is InChI=1S/C20H19ClF3N5O3/c1-19(2,3)12-9-13(28-32-12)26-17(30)10-5-7-11(8-6-10)25-18(31)14-15(20(22,23)24)27-29(4)16(14)21/h5-9H,1-4H3,(H,25,31)(H,26,28,30). The van der Waals surface area contributed by atoms with Gasteiger partial charge >= 0.3 is 6.18 Å². The molecule has 1 aromatic carbocycles. The van der Waals surface area contributed by atoms with E-state index in [2.05, 4.69) is 20.9 Å². The van der Waals surface area contributed by atoms with Gasteiger partial charge in [-0.15, -0.1) is 0 Å². The normalized spacial score (nSPS) is 12.0. The summed E-state index contributed by atoms with van der Waals surface area (Å²) in [5.74, 6) is -0.724. The molecule has 3 rings (SSSR count). The highest BCUT2D eigenvalue weighted by molar-refractivity contribution is 6.33. The van der Waals surface area contributed by atoms with Crippen LogP contribution in [0.3, 0.4) is 0 Å². The second-order valence-electron chi connectivity index (χ2n) is 7.95. The first-order valence-electron chi connectivity index (χ1n) is 9.27. The Bertz CT molecular complexity index is 1160. The first-order chi connectivity index (χ1) is 14.8. The van der Waals surface area contributed by atoms with Crippen LogP contribution in [0.5, 0.6) is 0 Å². The minimum atomic E-state index is -4.85. The van der Waals surface area contributed by atoms with Crippen LogP contribution in [0.1, 0.15) is 52.9 Å². The molecular formula is C20H19ClF3N5O3. The molecule has 0 radical (unpaired) electrons. The molecule has 0 fully saturated rings. The van der Waals surface area contributed by atoms with Crippen molar-refractivity contribution in [3.8, 4) is 0 Å². The fourth-order valence-electron chi connectivity index (χ4n) is 2.68. The summed E-state index contributed by atoms with van der Waals surface area (Å²) in [6.07, 6.45) is -4.85. The first kappa shape index (κ1) is 23.3. The van der Waals surface area contributed by atoms with Gasteiger partial charge in [-0.05, 0) is 24.3 Å². The number of rotatable bonds is 4. The Balaban J connectivity index is 1.72. The van der Waals surface area contributed by atoms with Crippen molar-refractivity contribution in [1.29, 1.82) is 0 Å². The molecule has 2 N–H and O–H groups in total. The Hall–Kier alpha value is -3.34. The number of benzene rings is 1. The molecule has 0 atom stereocenters. The summed E-state index contributed by atoms with van der Waals surface area (Å²) in [5.41, 5.74) is -2.06. The monoisotopic (exact) mass is 469 g/mol. The summed E-state index contributed by atoms with van der Waals surface area (Å²) >= 11 is 5.83. The smallest absolute Gasteiger partial charge is 0.359 e. The average Bonchev–Trinajstić information content (AvgIpc) is 3.27. The van der Waals surface area contributed by atoms with E-state index in [0.29, 0.717) is 5.76 Å². The van der Waals surface area contributed by atoms with Crippen LogP contribution in [-0.4, -0.2) is 26.8 Å². The summed E-state index contributed by atoms with van der Waals surface area (Å²) < 4.78 is 45.4. The number of nitrogens with zero attached hydrogens (tertiary/aromatic N) is 3. The van der Waals surface area contributed by atoms with Crippen molar-refractivity contribution in [3.63, 3.8) is 0 Å². The van der Waals surface area contributed by atoms with Gasteiger partial charge in [-0.3, -0.25) is 14.3 Å². The SMILES string of the molecule is Cn1nc(C(F)(F)F)c(C(=O)Nc2ccc(C(=O)Nc3cc(C(C)(C)C)on3)cc2)c1Cl. The maximum atomic E-state index is 13.2. The fraction of sp³-hybridized carbons (Fsp3) is 0.300. The van der Waals surface area contributed by atoms with Gasteiger partial charge in [0.05, 0.1) is 0 Å². The van der Waals surface area contributed by atoms with Gasteiger partial charge in [0.25, 0.3) is 11.8 Å². The largest absolute Gasteiger partial charge is 0.436 e. The molecule has 0 spiro atoms. The Labute approximate surface area is 185 Å². The number of aryl methyl sites for hydroxylation is 1. The highest BCUT2D eigenvalue weighted by Crippen LogP contribution is 2.34. The topological polar surface area (TPSA) is 102 Å². The number of nitrogens with one attached hydrogen (secondary N) is 2. The third-order valence-electron chi connectivity index (χ3n) is 4.37. The van der Waals surface area contributed by atoms with Crippen LogP contribution >= 0.6 is 11.6 Å². The lowest BCUT2D eigenvalue weighted by atomic mass is 9.93. The maximum Gasteiger partial charge on any atom is 0.436 e. The number of amides is 2. The summed E-state index contributed by atoms with van der Waals surface area (Å²) in [4.78, 5) is 24.8. The van der Waals surface area contributed by atoms with Gasteiger partial charge in [-0.2, -0.15) is 18.3 Å². The predicted octanol–water partition coefficient (Wildman–Crippen LogP) is 4.88. The van der Waals surface area contributed by atoms with E-state index in [0.717, 1.165) is 4.68 Å². The molecule has 0 bridgehead atoms. The Morgan fingerprint density at radius 2 is 1.69 bits per heavy atom. The number of alkyl halides is 3. The van der Waals surface area contributed by atoms with E-state index >= 15 is 0 Å². The highest BCUT2D eigenvalue weighted by atomic mass is 35.5. The van der Waals surface area contributed by atoms with Crippen molar-refractivity contribution in [2.75, 3.05) is 10.6 Å². The molecule has 0 aliphatic heterocycles. The molecule has 2 amide bonds. The lowest BCUT2D eigenvalue weighted by Crippen LogP contribution is -2.18. The van der Waals surface area contributed by atoms with E-state index in [1.54, 1.807) is 6.07 Å². The van der Waals surface area contributed by atoms with E-state index < -0.39 is 34.4 Å². The zero-order valence-electron chi connectivity index (χ0n) is 17.5. The van der Waals surface area contributed by atoms with Crippen LogP contribution in [0.2, 0.25) is 5.15 Å². The third-order valence-corrected chi connectivity index (χ3v) is 4.80. The van der Waals surface area contributed by atoms with Gasteiger partial charge in [0.15, 0.2) is 11.5 Å². The summed E-state index contributed by atoms with van der Waals surface area (Å²) in [5, 5.41) is 11.5. The average molecular weight is 470 g/mol. The van der Waals surface area contributed by atoms with Crippen molar-refractivity contribution in [3.05, 3.63) is 58.1 Å². The molecule has 3 aromatic rings. The first-order valence-corrected chi connectivity index (χ1v) is 9.65. The Morgan fingerprint density at radius 1 is 1.06 bits per heavy atom. The number of hydrogen-bond donors (Lipinski definition) is 2. The van der Waals surface area contributed by atoms with Crippen molar-refractivity contribution in [2.24, 2.45) is 7.05 Å². The molecule has 12 heteroatoms. The fourth-order valence-corrected chi connectivity index (χ4v) is 2.89. The molecule has 0 aliphatic carbocycles. The van der Waals surface area contributed by atoms with Crippen molar-refractivity contribution in [1.82, 2.24) is 14.9 Å². The van der Waals surface area contributed by atoms with Gasteiger partial charge in [0.1, 0.15) is 16.5 Å². The van der Waals surface area contributed by atoms with Gasteiger partial charge < -0.3 is 15.2 Å². The molecule has 8 nitrogen and oxygen atoms in total. The molecule has 0 unspecified atom stereocenters. The Kier molecular flexibility index (Phi) is 6.05. The second kappa shape index (κ2) is 8.30. The molecule has 2 aromatic heterocycles. The molecule has 0 saturated carbocycles. The maximum absolute atomic E-state index is 13.2. The Morgan fingerprint density at radius 3 is 2.22 bits per heavy atom. The van der Waals surface area contributed by atoms with Crippen LogP contribution in [-0.2, 0) is 18.6 Å².